The lowest BCUT2D eigenvalue weighted by atomic mass is 10.1. The van der Waals surface area contributed by atoms with E-state index in [1.807, 2.05) is 18.2 Å². The van der Waals surface area contributed by atoms with Gasteiger partial charge in [-0.15, -0.1) is 0 Å². The summed E-state index contributed by atoms with van der Waals surface area (Å²) >= 11 is 0. The standard InChI is InChI=1S/C20H17F3N4/c21-20(22,23)16-4-5-17-18(9-16)26-19(25-17)15-6-7-27(12-15)11-14-3-1-2-13(8-14)10-24/h1-5,8-9,15H,6-7,11-12H2,(H,25,26). The number of imidazole rings is 1. The van der Waals surface area contributed by atoms with Crippen LogP contribution in [0.4, 0.5) is 13.2 Å². The molecule has 1 atom stereocenters. The summed E-state index contributed by atoms with van der Waals surface area (Å²) in [6, 6.07) is 13.3. The Hall–Kier alpha value is -2.85. The molecule has 0 bridgehead atoms. The monoisotopic (exact) mass is 370 g/mol. The minimum atomic E-state index is -4.36. The summed E-state index contributed by atoms with van der Waals surface area (Å²) in [6.07, 6.45) is -3.47. The Bertz CT molecular complexity index is 1020. The van der Waals surface area contributed by atoms with E-state index in [1.165, 1.54) is 6.07 Å². The molecule has 2 aromatic carbocycles. The lowest BCUT2D eigenvalue weighted by Gasteiger charge is -2.15. The molecule has 1 N–H and O–H groups in total. The molecule has 3 aromatic rings. The van der Waals surface area contributed by atoms with Crippen LogP contribution in [-0.4, -0.2) is 28.0 Å². The van der Waals surface area contributed by atoms with Gasteiger partial charge in [0.2, 0.25) is 0 Å². The van der Waals surface area contributed by atoms with Gasteiger partial charge in [-0.05, 0) is 48.9 Å². The van der Waals surface area contributed by atoms with Gasteiger partial charge in [0.25, 0.3) is 0 Å². The number of aromatic nitrogens is 2. The number of alkyl halides is 3. The van der Waals surface area contributed by atoms with E-state index < -0.39 is 11.7 Å². The average molecular weight is 370 g/mol. The SMILES string of the molecule is N#Cc1cccc(CN2CCC(c3nc4ccc(C(F)(F)F)cc4[nH]3)C2)c1. The lowest BCUT2D eigenvalue weighted by Crippen LogP contribution is -2.20. The Labute approximate surface area is 154 Å². The Balaban J connectivity index is 1.49. The molecule has 138 valence electrons. The highest BCUT2D eigenvalue weighted by Crippen LogP contribution is 2.32. The minimum Gasteiger partial charge on any atom is -0.342 e. The number of H-pyrrole nitrogens is 1. The third-order valence-electron chi connectivity index (χ3n) is 4.95. The van der Waals surface area contributed by atoms with Crippen LogP contribution in [-0.2, 0) is 12.7 Å². The molecule has 0 spiro atoms. The quantitative estimate of drug-likeness (QED) is 0.741. The number of hydrogen-bond donors (Lipinski definition) is 1. The largest absolute Gasteiger partial charge is 0.416 e. The van der Waals surface area contributed by atoms with Crippen LogP contribution in [0.15, 0.2) is 42.5 Å². The predicted octanol–water partition coefficient (Wildman–Crippen LogP) is 4.44. The third-order valence-corrected chi connectivity index (χ3v) is 4.95. The fourth-order valence-corrected chi connectivity index (χ4v) is 3.60. The van der Waals surface area contributed by atoms with Crippen molar-refractivity contribution in [3.05, 3.63) is 65.0 Å². The number of nitriles is 1. The molecule has 27 heavy (non-hydrogen) atoms. The molecular weight excluding hydrogens is 353 g/mol. The Morgan fingerprint density at radius 3 is 2.85 bits per heavy atom. The van der Waals surface area contributed by atoms with Crippen molar-refractivity contribution < 1.29 is 13.2 Å². The van der Waals surface area contributed by atoms with Crippen molar-refractivity contribution in [2.24, 2.45) is 0 Å². The number of nitrogens with zero attached hydrogens (tertiary/aromatic N) is 3. The van der Waals surface area contributed by atoms with Gasteiger partial charge in [-0.1, -0.05) is 12.1 Å². The topological polar surface area (TPSA) is 55.7 Å². The first kappa shape index (κ1) is 17.6. The van der Waals surface area contributed by atoms with Gasteiger partial charge in [0.1, 0.15) is 5.82 Å². The van der Waals surface area contributed by atoms with Crippen LogP contribution in [0.5, 0.6) is 0 Å². The second-order valence-corrected chi connectivity index (χ2v) is 6.88. The summed E-state index contributed by atoms with van der Waals surface area (Å²) in [5, 5.41) is 9.01. The van der Waals surface area contributed by atoms with Crippen molar-refractivity contribution in [3.63, 3.8) is 0 Å². The highest BCUT2D eigenvalue weighted by atomic mass is 19.4. The maximum absolute atomic E-state index is 12.9. The van der Waals surface area contributed by atoms with E-state index in [0.29, 0.717) is 16.6 Å². The van der Waals surface area contributed by atoms with Gasteiger partial charge in [0, 0.05) is 19.0 Å². The summed E-state index contributed by atoms with van der Waals surface area (Å²) in [4.78, 5) is 9.84. The normalized spacial score (nSPS) is 18.1. The minimum absolute atomic E-state index is 0.158. The predicted molar refractivity (Wildman–Crippen MR) is 94.9 cm³/mol. The van der Waals surface area contributed by atoms with E-state index in [4.69, 9.17) is 5.26 Å². The van der Waals surface area contributed by atoms with Crippen molar-refractivity contribution in [2.75, 3.05) is 13.1 Å². The summed E-state index contributed by atoms with van der Waals surface area (Å²) in [6.45, 7) is 2.40. The number of aromatic amines is 1. The number of halogens is 3. The highest BCUT2D eigenvalue weighted by molar-refractivity contribution is 5.76. The van der Waals surface area contributed by atoms with Gasteiger partial charge in [0.05, 0.1) is 28.2 Å². The van der Waals surface area contributed by atoms with Gasteiger partial charge in [-0.3, -0.25) is 4.90 Å². The maximum atomic E-state index is 12.9. The highest BCUT2D eigenvalue weighted by Gasteiger charge is 2.31. The second kappa shape index (κ2) is 6.71. The fraction of sp³-hybridized carbons (Fsp3) is 0.300. The first-order valence-corrected chi connectivity index (χ1v) is 8.70. The summed E-state index contributed by atoms with van der Waals surface area (Å²) in [5.74, 6) is 0.892. The molecule has 1 unspecified atom stereocenters. The molecule has 1 aliphatic heterocycles. The number of hydrogen-bond acceptors (Lipinski definition) is 3. The van der Waals surface area contributed by atoms with Gasteiger partial charge in [-0.25, -0.2) is 4.98 Å². The first-order chi connectivity index (χ1) is 12.9. The van der Waals surface area contributed by atoms with Crippen molar-refractivity contribution in [1.82, 2.24) is 14.9 Å². The van der Waals surface area contributed by atoms with Crippen LogP contribution in [0.3, 0.4) is 0 Å². The van der Waals surface area contributed by atoms with Gasteiger partial charge in [0.15, 0.2) is 0 Å². The van der Waals surface area contributed by atoms with E-state index in [1.54, 1.807) is 6.07 Å². The zero-order valence-electron chi connectivity index (χ0n) is 14.4. The summed E-state index contributed by atoms with van der Waals surface area (Å²) in [5.41, 5.74) is 2.02. The third kappa shape index (κ3) is 3.67. The number of fused-ring (bicyclic) bond motifs is 1. The lowest BCUT2D eigenvalue weighted by molar-refractivity contribution is -0.137. The molecule has 1 aliphatic rings. The van der Waals surface area contributed by atoms with E-state index in [-0.39, 0.29) is 5.92 Å². The van der Waals surface area contributed by atoms with Crippen molar-refractivity contribution in [3.8, 4) is 6.07 Å². The molecule has 0 saturated carbocycles. The Morgan fingerprint density at radius 2 is 2.07 bits per heavy atom. The molecule has 7 heteroatoms. The molecule has 0 amide bonds. The van der Waals surface area contributed by atoms with E-state index in [9.17, 15) is 13.2 Å². The van der Waals surface area contributed by atoms with Gasteiger partial charge < -0.3 is 4.98 Å². The van der Waals surface area contributed by atoms with Crippen LogP contribution in [0.25, 0.3) is 11.0 Å². The van der Waals surface area contributed by atoms with Crippen LogP contribution >= 0.6 is 0 Å². The molecule has 0 radical (unpaired) electrons. The zero-order chi connectivity index (χ0) is 19.0. The number of benzene rings is 2. The zero-order valence-corrected chi connectivity index (χ0v) is 14.4. The molecule has 0 aliphatic carbocycles. The molecule has 1 aromatic heterocycles. The molecule has 1 saturated heterocycles. The van der Waals surface area contributed by atoms with Gasteiger partial charge >= 0.3 is 6.18 Å². The van der Waals surface area contributed by atoms with Gasteiger partial charge in [-0.2, -0.15) is 18.4 Å². The molecule has 2 heterocycles. The second-order valence-electron chi connectivity index (χ2n) is 6.88. The first-order valence-electron chi connectivity index (χ1n) is 8.70. The number of likely N-dealkylation sites (tertiary alicyclic amines) is 1. The van der Waals surface area contributed by atoms with Crippen molar-refractivity contribution in [2.45, 2.75) is 25.1 Å². The van der Waals surface area contributed by atoms with Crippen LogP contribution in [0, 0.1) is 11.3 Å². The van der Waals surface area contributed by atoms with Crippen molar-refractivity contribution in [1.29, 1.82) is 5.26 Å². The summed E-state index contributed by atoms with van der Waals surface area (Å²) < 4.78 is 38.6. The molecular formula is C20H17F3N4. The van der Waals surface area contributed by atoms with E-state index >= 15 is 0 Å². The smallest absolute Gasteiger partial charge is 0.342 e. The van der Waals surface area contributed by atoms with Crippen LogP contribution < -0.4 is 0 Å². The number of rotatable bonds is 3. The van der Waals surface area contributed by atoms with E-state index in [0.717, 1.165) is 49.6 Å². The fourth-order valence-electron chi connectivity index (χ4n) is 3.60. The van der Waals surface area contributed by atoms with E-state index in [2.05, 4.69) is 20.9 Å². The molecule has 1 fully saturated rings. The number of nitrogens with one attached hydrogen (secondary N) is 1. The molecule has 4 rings (SSSR count). The molecule has 4 nitrogen and oxygen atoms in total. The van der Waals surface area contributed by atoms with Crippen molar-refractivity contribution >= 4 is 11.0 Å². The van der Waals surface area contributed by atoms with Crippen LogP contribution in [0.1, 0.15) is 34.9 Å². The summed E-state index contributed by atoms with van der Waals surface area (Å²) in [7, 11) is 0. The average Bonchev–Trinajstić information content (AvgIpc) is 3.27. The Morgan fingerprint density at radius 1 is 1.22 bits per heavy atom. The maximum Gasteiger partial charge on any atom is 0.416 e. The Kier molecular flexibility index (Phi) is 4.36. The van der Waals surface area contributed by atoms with Crippen LogP contribution in [0.2, 0.25) is 0 Å².